The van der Waals surface area contributed by atoms with Gasteiger partial charge in [-0.3, -0.25) is 9.69 Å². The van der Waals surface area contributed by atoms with E-state index < -0.39 is 6.03 Å². The SMILES string of the molecule is CCN1C(=O)N/C(=C/c2cc(Br)c(O)c(I)c2)C1=O. The van der Waals surface area contributed by atoms with Gasteiger partial charge in [-0.05, 0) is 69.2 Å². The Morgan fingerprint density at radius 2 is 2.16 bits per heavy atom. The van der Waals surface area contributed by atoms with Crippen LogP contribution >= 0.6 is 38.5 Å². The summed E-state index contributed by atoms with van der Waals surface area (Å²) in [4.78, 5) is 24.5. The van der Waals surface area contributed by atoms with Gasteiger partial charge in [-0.15, -0.1) is 0 Å². The molecule has 0 unspecified atom stereocenters. The number of halogens is 2. The molecule has 0 aromatic heterocycles. The van der Waals surface area contributed by atoms with Crippen LogP contribution in [0.1, 0.15) is 12.5 Å². The number of nitrogens with zero attached hydrogens (tertiary/aromatic N) is 1. The van der Waals surface area contributed by atoms with E-state index in [0.29, 0.717) is 14.6 Å². The number of rotatable bonds is 2. The molecule has 2 rings (SSSR count). The van der Waals surface area contributed by atoms with Crippen molar-refractivity contribution in [2.45, 2.75) is 6.92 Å². The standard InChI is InChI=1S/C12H10BrIN2O3/c1-2-16-11(18)9(15-12(16)19)5-6-3-7(13)10(17)8(14)4-6/h3-5,17H,2H2,1H3,(H,15,19)/b9-5+. The Hall–Kier alpha value is -1.09. The maximum Gasteiger partial charge on any atom is 0.328 e. The third-order valence-corrected chi connectivity index (χ3v) is 4.06. The van der Waals surface area contributed by atoms with E-state index in [0.717, 1.165) is 10.5 Å². The quantitative estimate of drug-likeness (QED) is 0.425. The molecule has 1 aromatic carbocycles. The lowest BCUT2D eigenvalue weighted by atomic mass is 10.2. The molecule has 0 saturated carbocycles. The summed E-state index contributed by atoms with van der Waals surface area (Å²) in [7, 11) is 0. The van der Waals surface area contributed by atoms with Gasteiger partial charge in [0.2, 0.25) is 0 Å². The molecule has 2 N–H and O–H groups in total. The van der Waals surface area contributed by atoms with Gasteiger partial charge >= 0.3 is 6.03 Å². The van der Waals surface area contributed by atoms with Gasteiger partial charge in [-0.25, -0.2) is 4.79 Å². The second-order valence-electron chi connectivity index (χ2n) is 3.87. The highest BCUT2D eigenvalue weighted by Gasteiger charge is 2.31. The number of carbonyl (C=O) groups excluding carboxylic acids is 2. The lowest BCUT2D eigenvalue weighted by Crippen LogP contribution is -2.30. The number of hydrogen-bond donors (Lipinski definition) is 2. The number of phenols is 1. The van der Waals surface area contributed by atoms with Gasteiger partial charge in [0, 0.05) is 6.54 Å². The molecule has 1 heterocycles. The van der Waals surface area contributed by atoms with Crippen molar-refractivity contribution in [1.29, 1.82) is 0 Å². The first-order chi connectivity index (χ1) is 8.93. The number of imide groups is 1. The molecule has 1 fully saturated rings. The Balaban J connectivity index is 2.38. The van der Waals surface area contributed by atoms with E-state index in [1.807, 2.05) is 22.6 Å². The predicted octanol–water partition coefficient (Wildman–Crippen LogP) is 2.67. The molecule has 1 aliphatic heterocycles. The Morgan fingerprint density at radius 1 is 1.47 bits per heavy atom. The summed E-state index contributed by atoms with van der Waals surface area (Å²) in [5.41, 5.74) is 0.955. The van der Waals surface area contributed by atoms with Crippen molar-refractivity contribution in [2.75, 3.05) is 6.54 Å². The summed E-state index contributed by atoms with van der Waals surface area (Å²) in [6.45, 7) is 2.07. The Kier molecular flexibility index (Phi) is 4.14. The fraction of sp³-hybridized carbons (Fsp3) is 0.167. The van der Waals surface area contributed by atoms with Crippen molar-refractivity contribution in [2.24, 2.45) is 0 Å². The van der Waals surface area contributed by atoms with Gasteiger partial charge in [0.1, 0.15) is 11.4 Å². The lowest BCUT2D eigenvalue weighted by molar-refractivity contribution is -0.122. The monoisotopic (exact) mass is 436 g/mol. The summed E-state index contributed by atoms with van der Waals surface area (Å²) in [5.74, 6) is -0.188. The maximum atomic E-state index is 11.9. The van der Waals surface area contributed by atoms with Gasteiger partial charge in [0.05, 0.1) is 8.04 Å². The molecule has 0 aliphatic carbocycles. The average Bonchev–Trinajstić information content (AvgIpc) is 2.61. The van der Waals surface area contributed by atoms with E-state index >= 15 is 0 Å². The van der Waals surface area contributed by atoms with Crippen LogP contribution < -0.4 is 5.32 Å². The third kappa shape index (κ3) is 2.76. The highest BCUT2D eigenvalue weighted by atomic mass is 127. The van der Waals surface area contributed by atoms with Crippen LogP contribution in [0.5, 0.6) is 5.75 Å². The number of phenolic OH excluding ortho intramolecular Hbond substituents is 1. The Bertz CT molecular complexity index is 578. The maximum absolute atomic E-state index is 11.9. The molecular formula is C12H10BrIN2O3. The minimum absolute atomic E-state index is 0.153. The summed E-state index contributed by atoms with van der Waals surface area (Å²) in [6.07, 6.45) is 1.59. The van der Waals surface area contributed by atoms with Crippen molar-refractivity contribution in [3.05, 3.63) is 31.4 Å². The molecule has 3 amide bonds. The lowest BCUT2D eigenvalue weighted by Gasteiger charge is -2.06. The molecule has 1 aliphatic rings. The molecule has 0 atom stereocenters. The molecule has 1 aromatic rings. The predicted molar refractivity (Wildman–Crippen MR) is 82.4 cm³/mol. The fourth-order valence-electron chi connectivity index (χ4n) is 1.69. The van der Waals surface area contributed by atoms with Crippen LogP contribution in [-0.4, -0.2) is 28.5 Å². The van der Waals surface area contributed by atoms with Gasteiger partial charge in [0.15, 0.2) is 0 Å². The molecule has 0 radical (unpaired) electrons. The molecule has 0 bridgehead atoms. The second-order valence-corrected chi connectivity index (χ2v) is 5.89. The van der Waals surface area contributed by atoms with Crippen LogP contribution in [0.4, 0.5) is 4.79 Å². The molecule has 7 heteroatoms. The van der Waals surface area contributed by atoms with Crippen molar-refractivity contribution in [1.82, 2.24) is 10.2 Å². The Morgan fingerprint density at radius 3 is 2.68 bits per heavy atom. The summed E-state index contributed by atoms with van der Waals surface area (Å²) >= 11 is 5.22. The zero-order chi connectivity index (χ0) is 14.2. The minimum Gasteiger partial charge on any atom is -0.506 e. The van der Waals surface area contributed by atoms with Gasteiger partial charge in [-0.2, -0.15) is 0 Å². The number of hydrogen-bond acceptors (Lipinski definition) is 3. The van der Waals surface area contributed by atoms with Crippen LogP contribution in [0.15, 0.2) is 22.3 Å². The number of aromatic hydroxyl groups is 1. The van der Waals surface area contributed by atoms with Crippen LogP contribution in [-0.2, 0) is 4.79 Å². The highest BCUT2D eigenvalue weighted by Crippen LogP contribution is 2.31. The van der Waals surface area contributed by atoms with Crippen molar-refractivity contribution in [3.63, 3.8) is 0 Å². The van der Waals surface area contributed by atoms with E-state index in [2.05, 4.69) is 21.2 Å². The number of amides is 3. The van der Waals surface area contributed by atoms with Crippen molar-refractivity contribution in [3.8, 4) is 5.75 Å². The first-order valence-electron chi connectivity index (χ1n) is 5.46. The highest BCUT2D eigenvalue weighted by molar-refractivity contribution is 14.1. The number of urea groups is 1. The van der Waals surface area contributed by atoms with Crippen LogP contribution in [0, 0.1) is 3.57 Å². The normalized spacial score (nSPS) is 17.2. The smallest absolute Gasteiger partial charge is 0.328 e. The van der Waals surface area contributed by atoms with Crippen LogP contribution in [0.2, 0.25) is 0 Å². The summed E-state index contributed by atoms with van der Waals surface area (Å²) < 4.78 is 1.19. The summed E-state index contributed by atoms with van der Waals surface area (Å²) in [5, 5.41) is 12.2. The molecule has 100 valence electrons. The van der Waals surface area contributed by atoms with Crippen LogP contribution in [0.25, 0.3) is 6.08 Å². The van der Waals surface area contributed by atoms with E-state index in [-0.39, 0.29) is 17.4 Å². The van der Waals surface area contributed by atoms with Crippen molar-refractivity contribution >= 4 is 56.5 Å². The van der Waals surface area contributed by atoms with Gasteiger partial charge in [-0.1, -0.05) is 0 Å². The molecule has 0 spiro atoms. The zero-order valence-electron chi connectivity index (χ0n) is 9.91. The van der Waals surface area contributed by atoms with E-state index in [9.17, 15) is 14.7 Å². The fourth-order valence-corrected chi connectivity index (χ4v) is 3.19. The average molecular weight is 437 g/mol. The van der Waals surface area contributed by atoms with Crippen molar-refractivity contribution < 1.29 is 14.7 Å². The topological polar surface area (TPSA) is 69.6 Å². The first kappa shape index (κ1) is 14.3. The van der Waals surface area contributed by atoms with E-state index in [1.54, 1.807) is 25.1 Å². The van der Waals surface area contributed by atoms with Crippen LogP contribution in [0.3, 0.4) is 0 Å². The van der Waals surface area contributed by atoms with E-state index in [4.69, 9.17) is 0 Å². The first-order valence-corrected chi connectivity index (χ1v) is 7.33. The third-order valence-electron chi connectivity index (χ3n) is 2.63. The molecular weight excluding hydrogens is 427 g/mol. The molecule has 1 saturated heterocycles. The molecule has 19 heavy (non-hydrogen) atoms. The Labute approximate surface area is 131 Å². The number of likely N-dealkylation sites (N-methyl/N-ethyl adjacent to an activating group) is 1. The number of carbonyl (C=O) groups is 2. The number of nitrogens with one attached hydrogen (secondary N) is 1. The summed E-state index contributed by atoms with van der Waals surface area (Å²) in [6, 6.07) is 2.99. The van der Waals surface area contributed by atoms with Gasteiger partial charge in [0.25, 0.3) is 5.91 Å². The zero-order valence-corrected chi connectivity index (χ0v) is 13.6. The second kappa shape index (κ2) is 5.49. The van der Waals surface area contributed by atoms with Gasteiger partial charge < -0.3 is 10.4 Å². The van der Waals surface area contributed by atoms with E-state index in [1.165, 1.54) is 0 Å². The largest absolute Gasteiger partial charge is 0.506 e. The molecule has 5 nitrogen and oxygen atoms in total. The number of benzene rings is 1. The minimum atomic E-state index is -0.411.